The summed E-state index contributed by atoms with van der Waals surface area (Å²) in [6.45, 7) is 6.36. The Labute approximate surface area is 146 Å². The van der Waals surface area contributed by atoms with Crippen molar-refractivity contribution in [2.45, 2.75) is 70.5 Å². The van der Waals surface area contributed by atoms with Crippen molar-refractivity contribution in [3.05, 3.63) is 0 Å². The third-order valence-corrected chi connectivity index (χ3v) is 4.98. The third kappa shape index (κ3) is 6.93. The zero-order valence-corrected chi connectivity index (χ0v) is 15.7. The fraction of sp³-hybridized carbons (Fsp3) is 0.941. The van der Waals surface area contributed by atoms with Gasteiger partial charge in [0.1, 0.15) is 6.29 Å². The van der Waals surface area contributed by atoms with Gasteiger partial charge in [-0.3, -0.25) is 10.6 Å². The molecular weight excluding hydrogens is 304 g/mol. The summed E-state index contributed by atoms with van der Waals surface area (Å²) in [7, 11) is 4.14. The monoisotopic (exact) mass is 340 g/mol. The fourth-order valence-corrected chi connectivity index (χ4v) is 3.47. The summed E-state index contributed by atoms with van der Waals surface area (Å²) in [6, 6.07) is 0.584. The number of likely N-dealkylation sites (N-methyl/N-ethyl adjacent to an activating group) is 1. The molecule has 0 aromatic carbocycles. The molecule has 1 saturated carbocycles. The lowest BCUT2D eigenvalue weighted by molar-refractivity contribution is 0.182. The molecule has 0 aromatic rings. The zero-order valence-electron chi connectivity index (χ0n) is 15.7. The molecule has 2 fully saturated rings. The van der Waals surface area contributed by atoms with Gasteiger partial charge in [-0.1, -0.05) is 6.92 Å². The minimum absolute atomic E-state index is 0.0827. The van der Waals surface area contributed by atoms with E-state index in [2.05, 4.69) is 59.4 Å². The summed E-state index contributed by atoms with van der Waals surface area (Å²) >= 11 is 0. The summed E-state index contributed by atoms with van der Waals surface area (Å²) in [5, 5.41) is 16.4. The SMILES string of the molecule is CC1CCC(NC(=O)NC2NC(C)CC(NCCN(C)C)N2)CC1. The van der Waals surface area contributed by atoms with Crippen LogP contribution in [0.2, 0.25) is 0 Å². The predicted octanol–water partition coefficient (Wildman–Crippen LogP) is 0.597. The van der Waals surface area contributed by atoms with Crippen LogP contribution in [-0.2, 0) is 0 Å². The molecule has 1 aliphatic carbocycles. The summed E-state index contributed by atoms with van der Waals surface area (Å²) in [5.41, 5.74) is 0. The second kappa shape index (κ2) is 9.56. The van der Waals surface area contributed by atoms with Gasteiger partial charge in [-0.25, -0.2) is 4.79 Å². The first-order chi connectivity index (χ1) is 11.4. The van der Waals surface area contributed by atoms with Gasteiger partial charge in [-0.05, 0) is 59.0 Å². The van der Waals surface area contributed by atoms with E-state index in [0.29, 0.717) is 12.1 Å². The first-order valence-corrected chi connectivity index (χ1v) is 9.39. The molecule has 0 bridgehead atoms. The maximum atomic E-state index is 12.2. The highest BCUT2D eigenvalue weighted by Gasteiger charge is 2.26. The molecule has 24 heavy (non-hydrogen) atoms. The standard InChI is InChI=1S/C17H36N6O/c1-12-5-7-14(8-6-12)20-17(24)22-16-19-13(2)11-15(21-16)18-9-10-23(3)4/h12-16,18-19,21H,5-11H2,1-4H3,(H2,20,22,24). The van der Waals surface area contributed by atoms with Crippen LogP contribution in [0.5, 0.6) is 0 Å². The Morgan fingerprint density at radius 3 is 2.46 bits per heavy atom. The Kier molecular flexibility index (Phi) is 7.74. The molecule has 140 valence electrons. The Balaban J connectivity index is 1.71. The van der Waals surface area contributed by atoms with Crippen LogP contribution in [0, 0.1) is 5.92 Å². The average molecular weight is 341 g/mol. The van der Waals surface area contributed by atoms with Gasteiger partial charge in [-0.15, -0.1) is 0 Å². The van der Waals surface area contributed by atoms with Crippen molar-refractivity contribution < 1.29 is 4.79 Å². The van der Waals surface area contributed by atoms with Crippen molar-refractivity contribution in [2.24, 2.45) is 5.92 Å². The summed E-state index contributed by atoms with van der Waals surface area (Å²) in [5.74, 6) is 0.794. The average Bonchev–Trinajstić information content (AvgIpc) is 2.48. The Morgan fingerprint density at radius 1 is 1.08 bits per heavy atom. The van der Waals surface area contributed by atoms with Gasteiger partial charge in [0.05, 0.1) is 6.17 Å². The molecule has 1 heterocycles. The van der Waals surface area contributed by atoms with Gasteiger partial charge in [0.15, 0.2) is 0 Å². The van der Waals surface area contributed by atoms with Gasteiger partial charge < -0.3 is 20.9 Å². The maximum Gasteiger partial charge on any atom is 0.317 e. The quantitative estimate of drug-likeness (QED) is 0.489. The number of amides is 2. The number of hydrogen-bond acceptors (Lipinski definition) is 5. The number of urea groups is 1. The van der Waals surface area contributed by atoms with E-state index in [-0.39, 0.29) is 18.5 Å². The number of rotatable bonds is 6. The Hall–Kier alpha value is -0.890. The van der Waals surface area contributed by atoms with Gasteiger partial charge in [0.2, 0.25) is 0 Å². The largest absolute Gasteiger partial charge is 0.335 e. The van der Waals surface area contributed by atoms with Crippen molar-refractivity contribution in [3.8, 4) is 0 Å². The smallest absolute Gasteiger partial charge is 0.317 e. The van der Waals surface area contributed by atoms with Crippen LogP contribution in [0.15, 0.2) is 0 Å². The van der Waals surface area contributed by atoms with E-state index in [1.165, 1.54) is 12.8 Å². The van der Waals surface area contributed by atoms with Gasteiger partial charge >= 0.3 is 6.03 Å². The Morgan fingerprint density at radius 2 is 1.79 bits per heavy atom. The van der Waals surface area contributed by atoms with Crippen molar-refractivity contribution >= 4 is 6.03 Å². The van der Waals surface area contributed by atoms with E-state index in [0.717, 1.165) is 38.3 Å². The second-order valence-electron chi connectivity index (χ2n) is 7.79. The van der Waals surface area contributed by atoms with E-state index in [1.807, 2.05) is 0 Å². The van der Waals surface area contributed by atoms with Crippen LogP contribution < -0.4 is 26.6 Å². The molecule has 2 amide bonds. The first kappa shape index (κ1) is 19.4. The highest BCUT2D eigenvalue weighted by atomic mass is 16.2. The minimum Gasteiger partial charge on any atom is -0.335 e. The molecule has 7 heteroatoms. The van der Waals surface area contributed by atoms with Crippen molar-refractivity contribution in [1.29, 1.82) is 0 Å². The number of nitrogens with one attached hydrogen (secondary N) is 5. The highest BCUT2D eigenvalue weighted by molar-refractivity contribution is 5.74. The van der Waals surface area contributed by atoms with Crippen LogP contribution >= 0.6 is 0 Å². The molecule has 2 rings (SSSR count). The van der Waals surface area contributed by atoms with Crippen LogP contribution in [0.3, 0.4) is 0 Å². The molecule has 0 radical (unpaired) electrons. The van der Waals surface area contributed by atoms with Gasteiger partial charge in [0.25, 0.3) is 0 Å². The maximum absolute atomic E-state index is 12.2. The molecule has 1 saturated heterocycles. The first-order valence-electron chi connectivity index (χ1n) is 9.39. The van der Waals surface area contributed by atoms with E-state index >= 15 is 0 Å². The van der Waals surface area contributed by atoms with E-state index < -0.39 is 0 Å². The fourth-order valence-electron chi connectivity index (χ4n) is 3.47. The molecule has 2 aliphatic rings. The van der Waals surface area contributed by atoms with Crippen LogP contribution in [0.25, 0.3) is 0 Å². The molecule has 3 atom stereocenters. The topological polar surface area (TPSA) is 80.5 Å². The van der Waals surface area contributed by atoms with E-state index in [1.54, 1.807) is 0 Å². The number of carbonyl (C=O) groups is 1. The summed E-state index contributed by atoms with van der Waals surface area (Å²) < 4.78 is 0. The zero-order chi connectivity index (χ0) is 17.5. The molecule has 5 N–H and O–H groups in total. The van der Waals surface area contributed by atoms with Crippen molar-refractivity contribution in [1.82, 2.24) is 31.5 Å². The summed E-state index contributed by atoms with van der Waals surface area (Å²) in [4.78, 5) is 14.4. The summed E-state index contributed by atoms with van der Waals surface area (Å²) in [6.07, 6.45) is 5.60. The molecule has 1 aliphatic heterocycles. The molecule has 0 aromatic heterocycles. The van der Waals surface area contributed by atoms with Gasteiger partial charge in [0, 0.05) is 25.2 Å². The lowest BCUT2D eigenvalue weighted by atomic mass is 9.87. The number of hydrogen-bond donors (Lipinski definition) is 5. The number of nitrogens with zero attached hydrogens (tertiary/aromatic N) is 1. The minimum atomic E-state index is -0.201. The van der Waals surface area contributed by atoms with E-state index in [9.17, 15) is 4.79 Å². The van der Waals surface area contributed by atoms with Crippen LogP contribution in [-0.4, -0.2) is 62.7 Å². The highest BCUT2D eigenvalue weighted by Crippen LogP contribution is 2.23. The van der Waals surface area contributed by atoms with Gasteiger partial charge in [-0.2, -0.15) is 0 Å². The molecule has 7 nitrogen and oxygen atoms in total. The van der Waals surface area contributed by atoms with Crippen molar-refractivity contribution in [2.75, 3.05) is 27.2 Å². The van der Waals surface area contributed by atoms with E-state index in [4.69, 9.17) is 0 Å². The van der Waals surface area contributed by atoms with Crippen LogP contribution in [0.1, 0.15) is 46.0 Å². The molecule has 3 unspecified atom stereocenters. The molecular formula is C17H36N6O. The predicted molar refractivity (Wildman–Crippen MR) is 97.6 cm³/mol. The normalized spacial score (nSPS) is 34.1. The second-order valence-corrected chi connectivity index (χ2v) is 7.79. The van der Waals surface area contributed by atoms with Crippen LogP contribution in [0.4, 0.5) is 4.79 Å². The molecule has 0 spiro atoms. The third-order valence-electron chi connectivity index (χ3n) is 4.98. The Bertz CT molecular complexity index is 383. The lowest BCUT2D eigenvalue weighted by Crippen LogP contribution is -2.68. The van der Waals surface area contributed by atoms with Crippen molar-refractivity contribution in [3.63, 3.8) is 0 Å². The lowest BCUT2D eigenvalue weighted by Gasteiger charge is -2.37. The number of carbonyl (C=O) groups excluding carboxylic acids is 1.